The lowest BCUT2D eigenvalue weighted by Gasteiger charge is -2.11. The number of nitrogens with zero attached hydrogens (tertiary/aromatic N) is 1. The largest absolute Gasteiger partial charge is 0.383 e. The molecule has 0 aliphatic rings. The molecule has 1 unspecified atom stereocenters. The first-order valence-electron chi connectivity index (χ1n) is 5.30. The molecule has 0 radical (unpaired) electrons. The van der Waals surface area contributed by atoms with Crippen molar-refractivity contribution in [2.45, 2.75) is 12.6 Å². The van der Waals surface area contributed by atoms with E-state index in [1.54, 1.807) is 18.2 Å². The zero-order valence-electron chi connectivity index (χ0n) is 10.4. The van der Waals surface area contributed by atoms with Crippen molar-refractivity contribution in [1.82, 2.24) is 5.32 Å². The highest BCUT2D eigenvalue weighted by Crippen LogP contribution is 2.16. The van der Waals surface area contributed by atoms with E-state index in [1.807, 2.05) is 0 Å². The Labute approximate surface area is 116 Å². The van der Waals surface area contributed by atoms with E-state index in [2.05, 4.69) is 5.32 Å². The van der Waals surface area contributed by atoms with Crippen LogP contribution in [0.15, 0.2) is 24.3 Å². The summed E-state index contributed by atoms with van der Waals surface area (Å²) in [5.74, 6) is -0.407. The number of nitro benzene ring substituents is 1. The maximum Gasteiger partial charge on any atom is 0.274 e. The Morgan fingerprint density at radius 3 is 2.74 bits per heavy atom. The lowest BCUT2D eigenvalue weighted by Crippen LogP contribution is -2.43. The van der Waals surface area contributed by atoms with Crippen LogP contribution in [0.5, 0.6) is 0 Å². The standard InChI is InChI=1S/C11H15N3O4.ClH/c1-18-7-9(12)11(15)13-6-8-4-2-3-5-10(8)14(16)17;/h2-5,9H,6-7,12H2,1H3,(H,13,15);1H. The van der Waals surface area contributed by atoms with E-state index in [0.717, 1.165) is 0 Å². The molecule has 19 heavy (non-hydrogen) atoms. The molecule has 1 atom stereocenters. The monoisotopic (exact) mass is 289 g/mol. The number of nitro groups is 1. The summed E-state index contributed by atoms with van der Waals surface area (Å²) in [6.07, 6.45) is 0. The molecular formula is C11H16ClN3O4. The van der Waals surface area contributed by atoms with Crippen LogP contribution in [0.1, 0.15) is 5.56 Å². The quantitative estimate of drug-likeness (QED) is 0.589. The van der Waals surface area contributed by atoms with Crippen LogP contribution in [0, 0.1) is 10.1 Å². The van der Waals surface area contributed by atoms with Gasteiger partial charge in [0, 0.05) is 25.3 Å². The van der Waals surface area contributed by atoms with E-state index < -0.39 is 16.9 Å². The van der Waals surface area contributed by atoms with Gasteiger partial charge in [0.1, 0.15) is 6.04 Å². The van der Waals surface area contributed by atoms with Gasteiger partial charge < -0.3 is 15.8 Å². The molecule has 0 aromatic heterocycles. The fourth-order valence-corrected chi connectivity index (χ4v) is 1.41. The maximum atomic E-state index is 11.5. The summed E-state index contributed by atoms with van der Waals surface area (Å²) in [5.41, 5.74) is 5.92. The van der Waals surface area contributed by atoms with Gasteiger partial charge in [-0.3, -0.25) is 14.9 Å². The van der Waals surface area contributed by atoms with E-state index in [4.69, 9.17) is 10.5 Å². The lowest BCUT2D eigenvalue weighted by atomic mass is 10.2. The van der Waals surface area contributed by atoms with Gasteiger partial charge in [-0.25, -0.2) is 0 Å². The van der Waals surface area contributed by atoms with Crippen LogP contribution < -0.4 is 11.1 Å². The highest BCUT2D eigenvalue weighted by Gasteiger charge is 2.16. The van der Waals surface area contributed by atoms with Crippen molar-refractivity contribution in [3.63, 3.8) is 0 Å². The number of nitrogens with two attached hydrogens (primary N) is 1. The number of rotatable bonds is 6. The van der Waals surface area contributed by atoms with E-state index in [9.17, 15) is 14.9 Å². The van der Waals surface area contributed by atoms with Crippen molar-refractivity contribution in [2.75, 3.05) is 13.7 Å². The lowest BCUT2D eigenvalue weighted by molar-refractivity contribution is -0.385. The number of halogens is 1. The molecule has 106 valence electrons. The third-order valence-corrected chi connectivity index (χ3v) is 2.32. The molecule has 8 heteroatoms. The topological polar surface area (TPSA) is 107 Å². The minimum absolute atomic E-state index is 0. The molecule has 0 heterocycles. The Balaban J connectivity index is 0.00000324. The summed E-state index contributed by atoms with van der Waals surface area (Å²) in [6, 6.07) is 5.43. The normalized spacial score (nSPS) is 11.3. The predicted molar refractivity (Wildman–Crippen MR) is 72.0 cm³/mol. The Kier molecular flexibility index (Phi) is 7.66. The number of carbonyl (C=O) groups is 1. The first-order chi connectivity index (χ1) is 8.56. The van der Waals surface area contributed by atoms with Gasteiger partial charge in [-0.2, -0.15) is 0 Å². The molecule has 0 aliphatic carbocycles. The zero-order chi connectivity index (χ0) is 13.5. The van der Waals surface area contributed by atoms with Crippen LogP contribution in [0.25, 0.3) is 0 Å². The van der Waals surface area contributed by atoms with Crippen molar-refractivity contribution in [2.24, 2.45) is 5.73 Å². The van der Waals surface area contributed by atoms with Crippen LogP contribution in [-0.4, -0.2) is 30.6 Å². The average molecular weight is 290 g/mol. The third-order valence-electron chi connectivity index (χ3n) is 2.32. The first kappa shape index (κ1) is 17.3. The SMILES string of the molecule is COCC(N)C(=O)NCc1ccccc1[N+](=O)[O-].Cl. The van der Waals surface area contributed by atoms with E-state index in [1.165, 1.54) is 13.2 Å². The van der Waals surface area contributed by atoms with Gasteiger partial charge in [0.2, 0.25) is 5.91 Å². The molecular weight excluding hydrogens is 274 g/mol. The number of para-hydroxylation sites is 1. The second-order valence-electron chi connectivity index (χ2n) is 3.67. The smallest absolute Gasteiger partial charge is 0.274 e. The minimum Gasteiger partial charge on any atom is -0.383 e. The molecule has 0 saturated heterocycles. The van der Waals surface area contributed by atoms with E-state index in [-0.39, 0.29) is 31.2 Å². The number of amides is 1. The van der Waals surface area contributed by atoms with Gasteiger partial charge in [-0.05, 0) is 0 Å². The van der Waals surface area contributed by atoms with Gasteiger partial charge in [-0.1, -0.05) is 18.2 Å². The van der Waals surface area contributed by atoms with Crippen LogP contribution in [0.2, 0.25) is 0 Å². The second kappa shape index (κ2) is 8.41. The number of methoxy groups -OCH3 is 1. The summed E-state index contributed by atoms with van der Waals surface area (Å²) in [6.45, 7) is 0.163. The van der Waals surface area contributed by atoms with Crippen LogP contribution >= 0.6 is 12.4 Å². The van der Waals surface area contributed by atoms with E-state index >= 15 is 0 Å². The summed E-state index contributed by atoms with van der Waals surface area (Å²) in [4.78, 5) is 21.8. The predicted octanol–water partition coefficient (Wildman–Crippen LogP) is 0.607. The second-order valence-corrected chi connectivity index (χ2v) is 3.67. The third kappa shape index (κ3) is 5.21. The van der Waals surface area contributed by atoms with Gasteiger partial charge in [0.25, 0.3) is 5.69 Å². The fourth-order valence-electron chi connectivity index (χ4n) is 1.41. The van der Waals surface area contributed by atoms with Gasteiger partial charge in [0.05, 0.1) is 11.5 Å². The van der Waals surface area contributed by atoms with E-state index in [0.29, 0.717) is 5.56 Å². The van der Waals surface area contributed by atoms with Crippen molar-refractivity contribution in [3.05, 3.63) is 39.9 Å². The number of nitrogens with one attached hydrogen (secondary N) is 1. The highest BCUT2D eigenvalue weighted by atomic mass is 35.5. The molecule has 1 rings (SSSR count). The Bertz CT molecular complexity index is 442. The maximum absolute atomic E-state index is 11.5. The fraction of sp³-hybridized carbons (Fsp3) is 0.364. The number of ether oxygens (including phenoxy) is 1. The van der Waals surface area contributed by atoms with Crippen LogP contribution in [0.4, 0.5) is 5.69 Å². The molecule has 1 aromatic carbocycles. The van der Waals surface area contributed by atoms with Crippen molar-refractivity contribution >= 4 is 24.0 Å². The number of carbonyl (C=O) groups excluding carboxylic acids is 1. The van der Waals surface area contributed by atoms with Gasteiger partial charge >= 0.3 is 0 Å². The Hall–Kier alpha value is -1.70. The Morgan fingerprint density at radius 1 is 1.53 bits per heavy atom. The minimum atomic E-state index is -0.780. The molecule has 0 fully saturated rings. The summed E-state index contributed by atoms with van der Waals surface area (Å²) >= 11 is 0. The molecule has 3 N–H and O–H groups in total. The molecule has 1 amide bonds. The van der Waals surface area contributed by atoms with Crippen molar-refractivity contribution < 1.29 is 14.5 Å². The molecule has 0 spiro atoms. The number of hydrogen-bond donors (Lipinski definition) is 2. The van der Waals surface area contributed by atoms with Crippen LogP contribution in [0.3, 0.4) is 0 Å². The highest BCUT2D eigenvalue weighted by molar-refractivity contribution is 5.85. The molecule has 0 aliphatic heterocycles. The van der Waals surface area contributed by atoms with Gasteiger partial charge in [0.15, 0.2) is 0 Å². The molecule has 7 nitrogen and oxygen atoms in total. The summed E-state index contributed by atoms with van der Waals surface area (Å²) < 4.78 is 4.74. The first-order valence-corrected chi connectivity index (χ1v) is 5.30. The van der Waals surface area contributed by atoms with Gasteiger partial charge in [-0.15, -0.1) is 12.4 Å². The Morgan fingerprint density at radius 2 is 2.16 bits per heavy atom. The molecule has 1 aromatic rings. The zero-order valence-corrected chi connectivity index (χ0v) is 11.2. The van der Waals surface area contributed by atoms with Crippen molar-refractivity contribution in [3.8, 4) is 0 Å². The molecule has 0 bridgehead atoms. The number of hydrogen-bond acceptors (Lipinski definition) is 5. The molecule has 0 saturated carbocycles. The van der Waals surface area contributed by atoms with Crippen LogP contribution in [-0.2, 0) is 16.1 Å². The summed E-state index contributed by atoms with van der Waals surface area (Å²) in [5, 5.41) is 13.3. The number of benzene rings is 1. The average Bonchev–Trinajstić information content (AvgIpc) is 2.36. The van der Waals surface area contributed by atoms with Crippen molar-refractivity contribution in [1.29, 1.82) is 0 Å². The summed E-state index contributed by atoms with van der Waals surface area (Å²) in [7, 11) is 1.44.